The number of ether oxygens (including phenoxy) is 2. The van der Waals surface area contributed by atoms with Crippen LogP contribution in [0.3, 0.4) is 0 Å². The lowest BCUT2D eigenvalue weighted by molar-refractivity contribution is -0.132. The topological polar surface area (TPSA) is 103 Å². The summed E-state index contributed by atoms with van der Waals surface area (Å²) in [6.45, 7) is 6.68. The van der Waals surface area contributed by atoms with Crippen LogP contribution in [-0.2, 0) is 26.4 Å². The first-order valence-corrected chi connectivity index (χ1v) is 11.8. The largest absolute Gasteiger partial charge is 0.444 e. The van der Waals surface area contributed by atoms with E-state index >= 15 is 0 Å². The number of anilines is 1. The van der Waals surface area contributed by atoms with Crippen LogP contribution in [0.2, 0.25) is 0 Å². The summed E-state index contributed by atoms with van der Waals surface area (Å²) in [6, 6.07) is 0. The minimum Gasteiger partial charge on any atom is -0.444 e. The number of amides is 2. The Morgan fingerprint density at radius 3 is 2.85 bits per heavy atom. The predicted octanol–water partition coefficient (Wildman–Crippen LogP) is 1.93. The van der Waals surface area contributed by atoms with Crippen LogP contribution in [0.25, 0.3) is 0 Å². The van der Waals surface area contributed by atoms with Crippen LogP contribution in [0.1, 0.15) is 31.5 Å². The molecule has 10 heteroatoms. The lowest BCUT2D eigenvalue weighted by Crippen LogP contribution is -2.46. The molecule has 3 atom stereocenters. The van der Waals surface area contributed by atoms with E-state index < -0.39 is 11.6 Å². The van der Waals surface area contributed by atoms with Gasteiger partial charge in [0.05, 0.1) is 24.4 Å². The van der Waals surface area contributed by atoms with Crippen LogP contribution >= 0.6 is 0 Å². The van der Waals surface area contributed by atoms with E-state index in [0.29, 0.717) is 32.1 Å². The van der Waals surface area contributed by atoms with Gasteiger partial charge in [-0.15, -0.1) is 0 Å². The number of hydrogen-bond donors (Lipinski definition) is 2. The summed E-state index contributed by atoms with van der Waals surface area (Å²) in [4.78, 5) is 31.9. The summed E-state index contributed by atoms with van der Waals surface area (Å²) >= 11 is 0. The van der Waals surface area contributed by atoms with E-state index in [2.05, 4.69) is 32.6 Å². The van der Waals surface area contributed by atoms with E-state index in [4.69, 9.17) is 9.47 Å². The molecule has 0 spiro atoms. The second kappa shape index (κ2) is 9.89. The van der Waals surface area contributed by atoms with E-state index in [0.717, 1.165) is 24.2 Å². The molecule has 2 unspecified atom stereocenters. The highest BCUT2D eigenvalue weighted by Gasteiger charge is 2.45. The summed E-state index contributed by atoms with van der Waals surface area (Å²) < 4.78 is 11.7. The third-order valence-electron chi connectivity index (χ3n) is 6.78. The second-order valence-corrected chi connectivity index (χ2v) is 10.1. The van der Waals surface area contributed by atoms with Gasteiger partial charge < -0.3 is 24.6 Å². The van der Waals surface area contributed by atoms with Crippen LogP contribution in [0.5, 0.6) is 0 Å². The molecule has 4 rings (SSSR count). The Hall–Kier alpha value is -2.69. The van der Waals surface area contributed by atoms with Crippen molar-refractivity contribution < 1.29 is 19.1 Å². The quantitative estimate of drug-likeness (QED) is 0.652. The lowest BCUT2D eigenvalue weighted by atomic mass is 9.94. The number of nitrogens with one attached hydrogen (secondary N) is 2. The average Bonchev–Trinajstić information content (AvgIpc) is 3.31. The number of allylic oxidation sites excluding steroid dienone is 3. The van der Waals surface area contributed by atoms with Gasteiger partial charge in [-0.05, 0) is 41.4 Å². The molecule has 1 aromatic heterocycles. The fourth-order valence-electron chi connectivity index (χ4n) is 4.73. The van der Waals surface area contributed by atoms with Gasteiger partial charge in [0.2, 0.25) is 0 Å². The van der Waals surface area contributed by atoms with E-state index in [-0.39, 0.29) is 24.0 Å². The third-order valence-corrected chi connectivity index (χ3v) is 6.78. The Kier molecular flexibility index (Phi) is 7.11. The first kappa shape index (κ1) is 24.4. The molecule has 1 fully saturated rings. The molecule has 0 bridgehead atoms. The maximum absolute atomic E-state index is 13.4. The number of fused-ring (bicyclic) bond motifs is 1. The Labute approximate surface area is 200 Å². The SMILES string of the molecule is CN(C)C[C@@H](OC(=O)N1Cc2c(NC(=O)C3CN(C)CCO3)n[nH]c2C1(C)C)C1C=CC=CC1. The van der Waals surface area contributed by atoms with Crippen molar-refractivity contribution in [2.75, 3.05) is 52.7 Å². The Morgan fingerprint density at radius 2 is 2.18 bits per heavy atom. The van der Waals surface area contributed by atoms with Crippen LogP contribution in [-0.4, -0.2) is 96.5 Å². The zero-order valence-electron chi connectivity index (χ0n) is 20.7. The number of H-pyrrole nitrogens is 1. The van der Waals surface area contributed by atoms with Gasteiger partial charge >= 0.3 is 6.09 Å². The number of likely N-dealkylation sites (N-methyl/N-ethyl adjacent to an activating group) is 2. The molecular formula is C24H36N6O4. The zero-order chi connectivity index (χ0) is 24.5. The number of morpholine rings is 1. The minimum absolute atomic E-state index is 0.130. The smallest absolute Gasteiger partial charge is 0.411 e. The van der Waals surface area contributed by atoms with Crippen LogP contribution in [0, 0.1) is 5.92 Å². The number of carbonyl (C=O) groups excluding carboxylic acids is 2. The molecule has 34 heavy (non-hydrogen) atoms. The molecule has 3 aliphatic rings. The van der Waals surface area contributed by atoms with Crippen LogP contribution < -0.4 is 5.32 Å². The maximum atomic E-state index is 13.4. The summed E-state index contributed by atoms with van der Waals surface area (Å²) in [6.07, 6.45) is 7.86. The van der Waals surface area contributed by atoms with Gasteiger partial charge in [0.25, 0.3) is 5.91 Å². The molecular weight excluding hydrogens is 436 g/mol. The van der Waals surface area contributed by atoms with Crippen molar-refractivity contribution in [3.05, 3.63) is 35.6 Å². The number of aromatic amines is 1. The summed E-state index contributed by atoms with van der Waals surface area (Å²) in [5.41, 5.74) is 0.935. The van der Waals surface area contributed by atoms with Gasteiger partial charge in [-0.1, -0.05) is 24.3 Å². The fourth-order valence-corrected chi connectivity index (χ4v) is 4.73. The standard InChI is InChI=1S/C24H36N6O4/c1-24(2)20-17(21(27-26-20)25-22(31)19-15-29(5)11-12-33-19)13-30(24)23(32)34-18(14-28(3)4)16-9-7-6-8-10-16/h6-9,16,18-19H,10-15H2,1-5H3,(H2,25,26,27,31)/t16?,18-,19?/m1/s1. The first-order chi connectivity index (χ1) is 16.2. The van der Waals surface area contributed by atoms with Crippen molar-refractivity contribution in [2.24, 2.45) is 5.92 Å². The molecule has 0 aromatic carbocycles. The highest BCUT2D eigenvalue weighted by atomic mass is 16.6. The first-order valence-electron chi connectivity index (χ1n) is 11.8. The Bertz CT molecular complexity index is 969. The van der Waals surface area contributed by atoms with Crippen molar-refractivity contribution in [1.29, 1.82) is 0 Å². The number of rotatable bonds is 6. The maximum Gasteiger partial charge on any atom is 0.411 e. The minimum atomic E-state index is -0.658. The number of carbonyl (C=O) groups is 2. The molecule has 0 saturated carbocycles. The molecule has 0 radical (unpaired) electrons. The van der Waals surface area contributed by atoms with E-state index in [1.165, 1.54) is 0 Å². The predicted molar refractivity (Wildman–Crippen MR) is 128 cm³/mol. The zero-order valence-corrected chi connectivity index (χ0v) is 20.7. The molecule has 10 nitrogen and oxygen atoms in total. The molecule has 2 amide bonds. The van der Waals surface area contributed by atoms with E-state index in [1.807, 2.05) is 52.0 Å². The molecule has 186 valence electrons. The molecule has 3 heterocycles. The number of nitrogens with zero attached hydrogens (tertiary/aromatic N) is 4. The molecule has 2 N–H and O–H groups in total. The van der Waals surface area contributed by atoms with Crippen molar-refractivity contribution in [1.82, 2.24) is 24.9 Å². The van der Waals surface area contributed by atoms with Crippen molar-refractivity contribution >= 4 is 17.8 Å². The van der Waals surface area contributed by atoms with Gasteiger partial charge in [-0.25, -0.2) is 4.79 Å². The van der Waals surface area contributed by atoms with Crippen molar-refractivity contribution in [2.45, 2.75) is 44.6 Å². The normalized spacial score (nSPS) is 24.8. The molecule has 1 aromatic rings. The van der Waals surface area contributed by atoms with E-state index in [1.54, 1.807) is 4.90 Å². The van der Waals surface area contributed by atoms with Crippen LogP contribution in [0.15, 0.2) is 24.3 Å². The Balaban J connectivity index is 1.46. The number of hydrogen-bond acceptors (Lipinski definition) is 7. The molecule has 1 aliphatic carbocycles. The molecule has 1 saturated heterocycles. The van der Waals surface area contributed by atoms with Gasteiger partial charge in [0.15, 0.2) is 5.82 Å². The molecule has 2 aliphatic heterocycles. The van der Waals surface area contributed by atoms with Crippen molar-refractivity contribution in [3.8, 4) is 0 Å². The van der Waals surface area contributed by atoms with Gasteiger partial charge in [0, 0.05) is 31.1 Å². The second-order valence-electron chi connectivity index (χ2n) is 10.1. The van der Waals surface area contributed by atoms with Crippen molar-refractivity contribution in [3.63, 3.8) is 0 Å². The number of aromatic nitrogens is 2. The highest BCUT2D eigenvalue weighted by molar-refractivity contribution is 5.94. The monoisotopic (exact) mass is 472 g/mol. The summed E-state index contributed by atoms with van der Waals surface area (Å²) in [7, 11) is 5.91. The fraction of sp³-hybridized carbons (Fsp3) is 0.625. The van der Waals surface area contributed by atoms with Crippen LogP contribution in [0.4, 0.5) is 10.6 Å². The third kappa shape index (κ3) is 5.03. The lowest BCUT2D eigenvalue weighted by Gasteiger charge is -2.34. The van der Waals surface area contributed by atoms with E-state index in [9.17, 15) is 9.59 Å². The van der Waals surface area contributed by atoms with Gasteiger partial charge in [-0.2, -0.15) is 5.10 Å². The highest BCUT2D eigenvalue weighted by Crippen LogP contribution is 2.41. The Morgan fingerprint density at radius 1 is 1.38 bits per heavy atom. The van der Waals surface area contributed by atoms with Gasteiger partial charge in [0.1, 0.15) is 12.2 Å². The summed E-state index contributed by atoms with van der Waals surface area (Å²) in [5.74, 6) is 0.332. The van der Waals surface area contributed by atoms with Gasteiger partial charge in [-0.3, -0.25) is 14.8 Å². The average molecular weight is 473 g/mol. The summed E-state index contributed by atoms with van der Waals surface area (Å²) in [5, 5.41) is 10.3.